The molecular weight excluding hydrogens is 282 g/mol. The predicted octanol–water partition coefficient (Wildman–Crippen LogP) is 1.16. The first-order valence-electron chi connectivity index (χ1n) is 6.00. The fourth-order valence-electron chi connectivity index (χ4n) is 2.10. The van der Waals surface area contributed by atoms with Gasteiger partial charge in [-0.2, -0.15) is 0 Å². The zero-order chi connectivity index (χ0) is 14.0. The largest absolute Gasteiger partial charge is 0.311 e. The third-order valence-corrected chi connectivity index (χ3v) is 3.31. The smallest absolute Gasteiger partial charge is 0.236 e. The van der Waals surface area contributed by atoms with Gasteiger partial charge in [-0.05, 0) is 31.0 Å². The van der Waals surface area contributed by atoms with Crippen molar-refractivity contribution in [3.05, 3.63) is 23.9 Å². The van der Waals surface area contributed by atoms with Crippen LogP contribution in [0.1, 0.15) is 32.3 Å². The summed E-state index contributed by atoms with van der Waals surface area (Å²) < 4.78 is 0. The van der Waals surface area contributed by atoms with Crippen molar-refractivity contribution in [2.45, 2.75) is 32.1 Å². The quantitative estimate of drug-likeness (QED) is 0.802. The topological polar surface area (TPSA) is 88.2 Å². The molecule has 0 bridgehead atoms. The highest BCUT2D eigenvalue weighted by molar-refractivity contribution is 6.03. The molecule has 0 aliphatic carbocycles. The minimum absolute atomic E-state index is 0. The summed E-state index contributed by atoms with van der Waals surface area (Å²) in [6.45, 7) is 3.17. The highest BCUT2D eigenvalue weighted by Gasteiger charge is 2.40. The lowest BCUT2D eigenvalue weighted by molar-refractivity contribution is -0.137. The van der Waals surface area contributed by atoms with Crippen LogP contribution >= 0.6 is 12.4 Å². The number of nitrogens with zero attached hydrogens (tertiary/aromatic N) is 1. The first kappa shape index (κ1) is 16.1. The van der Waals surface area contributed by atoms with Crippen LogP contribution in [0.15, 0.2) is 18.3 Å². The number of hydrogen-bond acceptors (Lipinski definition) is 4. The van der Waals surface area contributed by atoms with Crippen molar-refractivity contribution < 1.29 is 14.4 Å². The number of anilines is 1. The molecule has 2 N–H and O–H groups in total. The molecular formula is C13H16ClN3O3. The third-order valence-electron chi connectivity index (χ3n) is 3.31. The van der Waals surface area contributed by atoms with Gasteiger partial charge in [0.25, 0.3) is 0 Å². The number of halogens is 1. The summed E-state index contributed by atoms with van der Waals surface area (Å²) in [6.07, 6.45) is 2.29. The van der Waals surface area contributed by atoms with Crippen molar-refractivity contribution in [2.75, 3.05) is 5.32 Å². The van der Waals surface area contributed by atoms with Crippen LogP contribution in [0.25, 0.3) is 0 Å². The predicted molar refractivity (Wildman–Crippen MR) is 75.5 cm³/mol. The van der Waals surface area contributed by atoms with Gasteiger partial charge in [0.2, 0.25) is 17.7 Å². The number of nitrogens with one attached hydrogen (secondary N) is 2. The van der Waals surface area contributed by atoms with E-state index in [0.717, 1.165) is 5.56 Å². The van der Waals surface area contributed by atoms with E-state index in [1.807, 2.05) is 0 Å². The van der Waals surface area contributed by atoms with E-state index in [0.29, 0.717) is 18.7 Å². The highest BCUT2D eigenvalue weighted by atomic mass is 35.5. The van der Waals surface area contributed by atoms with Gasteiger partial charge in [0, 0.05) is 19.5 Å². The molecule has 1 aliphatic rings. The SMILES string of the molecule is CC(=O)Nc1cc(C2(C)CCC(=O)NC2=O)ccn1.Cl. The maximum Gasteiger partial charge on any atom is 0.236 e. The average Bonchev–Trinajstić information content (AvgIpc) is 2.34. The minimum atomic E-state index is -0.774. The molecule has 1 aromatic rings. The number of hydrogen-bond donors (Lipinski definition) is 2. The normalized spacial score (nSPS) is 21.7. The number of carbonyl (C=O) groups is 3. The van der Waals surface area contributed by atoms with Crippen molar-refractivity contribution in [3.8, 4) is 0 Å². The Morgan fingerprint density at radius 1 is 1.45 bits per heavy atom. The molecule has 0 spiro atoms. The Labute approximate surface area is 122 Å². The van der Waals surface area contributed by atoms with Crippen LogP contribution in [0.4, 0.5) is 5.82 Å². The molecule has 6 nitrogen and oxygen atoms in total. The molecule has 2 rings (SSSR count). The van der Waals surface area contributed by atoms with Crippen LogP contribution in [-0.2, 0) is 19.8 Å². The molecule has 20 heavy (non-hydrogen) atoms. The minimum Gasteiger partial charge on any atom is -0.311 e. The standard InChI is InChI=1S/C13H15N3O3.ClH/c1-8(17)15-10-7-9(4-6-14-10)13(2)5-3-11(18)16-12(13)19;/h4,6-7H,3,5H2,1-2H3,(H,14,15,17)(H,16,18,19);1H. The van der Waals surface area contributed by atoms with Crippen molar-refractivity contribution >= 4 is 35.9 Å². The average molecular weight is 298 g/mol. The fourth-order valence-corrected chi connectivity index (χ4v) is 2.10. The number of carbonyl (C=O) groups excluding carboxylic acids is 3. The van der Waals surface area contributed by atoms with E-state index in [-0.39, 0.29) is 30.1 Å². The maximum absolute atomic E-state index is 12.0. The summed E-state index contributed by atoms with van der Waals surface area (Å²) in [7, 11) is 0. The third kappa shape index (κ3) is 3.14. The lowest BCUT2D eigenvalue weighted by Gasteiger charge is -2.32. The zero-order valence-electron chi connectivity index (χ0n) is 11.2. The Morgan fingerprint density at radius 3 is 2.75 bits per heavy atom. The maximum atomic E-state index is 12.0. The molecule has 1 atom stereocenters. The molecule has 1 fully saturated rings. The Morgan fingerprint density at radius 2 is 2.15 bits per heavy atom. The van der Waals surface area contributed by atoms with Crippen molar-refractivity contribution in [1.82, 2.24) is 10.3 Å². The number of piperidine rings is 1. The van der Waals surface area contributed by atoms with Crippen molar-refractivity contribution in [3.63, 3.8) is 0 Å². The second kappa shape index (κ2) is 6.00. The number of rotatable bonds is 2. The molecule has 0 aromatic carbocycles. The van der Waals surface area contributed by atoms with E-state index < -0.39 is 5.41 Å². The van der Waals surface area contributed by atoms with Gasteiger partial charge in [-0.25, -0.2) is 4.98 Å². The lowest BCUT2D eigenvalue weighted by Crippen LogP contribution is -2.49. The van der Waals surface area contributed by atoms with Gasteiger partial charge >= 0.3 is 0 Å². The molecule has 3 amide bonds. The number of imide groups is 1. The van der Waals surface area contributed by atoms with Gasteiger partial charge in [0.05, 0.1) is 5.41 Å². The van der Waals surface area contributed by atoms with Gasteiger partial charge < -0.3 is 5.32 Å². The molecule has 1 aliphatic heterocycles. The van der Waals surface area contributed by atoms with E-state index in [9.17, 15) is 14.4 Å². The van der Waals surface area contributed by atoms with Gasteiger partial charge in [0.15, 0.2) is 0 Å². The zero-order valence-corrected chi connectivity index (χ0v) is 12.0. The first-order chi connectivity index (χ1) is 8.91. The van der Waals surface area contributed by atoms with Gasteiger partial charge in [-0.15, -0.1) is 12.4 Å². The second-order valence-corrected chi connectivity index (χ2v) is 4.82. The van der Waals surface area contributed by atoms with E-state index in [2.05, 4.69) is 15.6 Å². The molecule has 7 heteroatoms. The van der Waals surface area contributed by atoms with E-state index >= 15 is 0 Å². The molecule has 0 radical (unpaired) electrons. The Hall–Kier alpha value is -1.95. The Balaban J connectivity index is 0.00000200. The van der Waals surface area contributed by atoms with Gasteiger partial charge in [0.1, 0.15) is 5.82 Å². The van der Waals surface area contributed by atoms with Gasteiger partial charge in [-0.1, -0.05) is 0 Å². The summed E-state index contributed by atoms with van der Waals surface area (Å²) in [6, 6.07) is 3.39. The molecule has 0 saturated carbocycles. The lowest BCUT2D eigenvalue weighted by atomic mass is 9.76. The number of amides is 3. The summed E-state index contributed by atoms with van der Waals surface area (Å²) in [4.78, 5) is 38.3. The van der Waals surface area contributed by atoms with Gasteiger partial charge in [-0.3, -0.25) is 19.7 Å². The van der Waals surface area contributed by atoms with Crippen molar-refractivity contribution in [1.29, 1.82) is 0 Å². The Kier molecular flexibility index (Phi) is 4.83. The summed E-state index contributed by atoms with van der Waals surface area (Å²) in [5.74, 6) is -0.392. The highest BCUT2D eigenvalue weighted by Crippen LogP contribution is 2.32. The summed E-state index contributed by atoms with van der Waals surface area (Å²) >= 11 is 0. The molecule has 2 heterocycles. The van der Waals surface area contributed by atoms with Crippen LogP contribution in [0.5, 0.6) is 0 Å². The molecule has 1 unspecified atom stereocenters. The van der Waals surface area contributed by atoms with Crippen LogP contribution < -0.4 is 10.6 Å². The monoisotopic (exact) mass is 297 g/mol. The van der Waals surface area contributed by atoms with Crippen molar-refractivity contribution in [2.24, 2.45) is 0 Å². The van der Waals surface area contributed by atoms with E-state index in [1.165, 1.54) is 13.1 Å². The summed E-state index contributed by atoms with van der Waals surface area (Å²) in [5, 5.41) is 4.92. The Bertz CT molecular complexity index is 562. The van der Waals surface area contributed by atoms with Crippen LogP contribution in [0.3, 0.4) is 0 Å². The number of pyridine rings is 1. The van der Waals surface area contributed by atoms with Crippen LogP contribution in [0, 0.1) is 0 Å². The molecule has 1 aromatic heterocycles. The second-order valence-electron chi connectivity index (χ2n) is 4.82. The first-order valence-corrected chi connectivity index (χ1v) is 6.00. The van der Waals surface area contributed by atoms with Crippen LogP contribution in [-0.4, -0.2) is 22.7 Å². The number of aromatic nitrogens is 1. The van der Waals surface area contributed by atoms with E-state index in [4.69, 9.17) is 0 Å². The molecule has 108 valence electrons. The molecule has 1 saturated heterocycles. The van der Waals surface area contributed by atoms with E-state index in [1.54, 1.807) is 19.1 Å². The fraction of sp³-hybridized carbons (Fsp3) is 0.385. The summed E-state index contributed by atoms with van der Waals surface area (Å²) in [5.41, 5.74) is -0.0411. The van der Waals surface area contributed by atoms with Crippen LogP contribution in [0.2, 0.25) is 0 Å².